The molecule has 0 spiro atoms. The van der Waals surface area contributed by atoms with Gasteiger partial charge in [0.05, 0.1) is 16.6 Å². The Morgan fingerprint density at radius 1 is 1.50 bits per heavy atom. The Balaban J connectivity index is 2.18. The van der Waals surface area contributed by atoms with Gasteiger partial charge in [0.25, 0.3) is 0 Å². The number of benzene rings is 1. The summed E-state index contributed by atoms with van der Waals surface area (Å²) in [6.45, 7) is 0. The molecule has 16 heavy (non-hydrogen) atoms. The Morgan fingerprint density at radius 3 is 2.94 bits per heavy atom. The monoisotopic (exact) mass is 239 g/mol. The van der Waals surface area contributed by atoms with Crippen LogP contribution >= 0.6 is 0 Å². The fourth-order valence-corrected chi connectivity index (χ4v) is 2.40. The van der Waals surface area contributed by atoms with E-state index >= 15 is 0 Å². The van der Waals surface area contributed by atoms with E-state index in [0.29, 0.717) is 10.7 Å². The molecular formula is C10H10FN3OS. The first kappa shape index (κ1) is 10.9. The maximum Gasteiger partial charge on any atom is 0.139 e. The van der Waals surface area contributed by atoms with Gasteiger partial charge in [-0.25, -0.2) is 9.37 Å². The lowest BCUT2D eigenvalue weighted by molar-refractivity contribution is 0.622. The number of hydrogen-bond acceptors (Lipinski definition) is 3. The van der Waals surface area contributed by atoms with Gasteiger partial charge in [-0.05, 0) is 18.2 Å². The SMILES string of the molecule is Cn1ncnc1CS(=O)c1cccc(F)c1. The van der Waals surface area contributed by atoms with Crippen LogP contribution in [0.5, 0.6) is 0 Å². The van der Waals surface area contributed by atoms with E-state index in [1.165, 1.54) is 18.5 Å². The summed E-state index contributed by atoms with van der Waals surface area (Å²) < 4.78 is 26.4. The van der Waals surface area contributed by atoms with Crippen molar-refractivity contribution in [2.45, 2.75) is 10.6 Å². The van der Waals surface area contributed by atoms with E-state index in [-0.39, 0.29) is 11.6 Å². The van der Waals surface area contributed by atoms with Gasteiger partial charge in [0.15, 0.2) is 0 Å². The molecule has 2 aromatic rings. The van der Waals surface area contributed by atoms with Crippen LogP contribution in [0.25, 0.3) is 0 Å². The Kier molecular flexibility index (Phi) is 3.09. The van der Waals surface area contributed by atoms with Crippen LogP contribution in [0.1, 0.15) is 5.82 Å². The van der Waals surface area contributed by atoms with E-state index in [1.54, 1.807) is 23.9 Å². The fourth-order valence-electron chi connectivity index (χ4n) is 1.26. The number of halogens is 1. The van der Waals surface area contributed by atoms with E-state index in [0.717, 1.165) is 0 Å². The average molecular weight is 239 g/mol. The smallest absolute Gasteiger partial charge is 0.139 e. The first-order valence-corrected chi connectivity index (χ1v) is 5.95. The summed E-state index contributed by atoms with van der Waals surface area (Å²) in [5, 5.41) is 3.88. The number of nitrogens with zero attached hydrogens (tertiary/aromatic N) is 3. The van der Waals surface area contributed by atoms with Gasteiger partial charge in [-0.1, -0.05) is 6.07 Å². The molecule has 6 heteroatoms. The Hall–Kier alpha value is -1.56. The lowest BCUT2D eigenvalue weighted by atomic mass is 10.4. The van der Waals surface area contributed by atoms with Crippen molar-refractivity contribution in [3.8, 4) is 0 Å². The first-order valence-electron chi connectivity index (χ1n) is 4.63. The highest BCUT2D eigenvalue weighted by molar-refractivity contribution is 7.84. The molecule has 0 aliphatic rings. The second-order valence-electron chi connectivity index (χ2n) is 3.25. The van der Waals surface area contributed by atoms with Gasteiger partial charge in [0.2, 0.25) is 0 Å². The summed E-state index contributed by atoms with van der Waals surface area (Å²) in [5.41, 5.74) is 0. The van der Waals surface area contributed by atoms with Crippen molar-refractivity contribution in [3.05, 3.63) is 42.2 Å². The summed E-state index contributed by atoms with van der Waals surface area (Å²) in [6.07, 6.45) is 1.40. The lowest BCUT2D eigenvalue weighted by Crippen LogP contribution is -2.04. The molecule has 0 saturated carbocycles. The molecule has 0 bridgehead atoms. The maximum atomic E-state index is 12.9. The number of aryl methyl sites for hydroxylation is 1. The van der Waals surface area contributed by atoms with Crippen molar-refractivity contribution in [1.29, 1.82) is 0 Å². The zero-order valence-electron chi connectivity index (χ0n) is 8.63. The van der Waals surface area contributed by atoms with Gasteiger partial charge in [0, 0.05) is 11.9 Å². The fraction of sp³-hybridized carbons (Fsp3) is 0.200. The van der Waals surface area contributed by atoms with E-state index in [4.69, 9.17) is 0 Å². The molecule has 1 unspecified atom stereocenters. The van der Waals surface area contributed by atoms with Gasteiger partial charge in [-0.2, -0.15) is 5.10 Å². The lowest BCUT2D eigenvalue weighted by Gasteiger charge is -2.01. The number of hydrogen-bond donors (Lipinski definition) is 0. The van der Waals surface area contributed by atoms with E-state index in [9.17, 15) is 8.60 Å². The van der Waals surface area contributed by atoms with E-state index < -0.39 is 10.8 Å². The number of rotatable bonds is 3. The molecule has 0 fully saturated rings. The Labute approximate surface area is 94.6 Å². The van der Waals surface area contributed by atoms with Crippen molar-refractivity contribution in [3.63, 3.8) is 0 Å². The molecular weight excluding hydrogens is 229 g/mol. The average Bonchev–Trinajstić information content (AvgIpc) is 2.64. The van der Waals surface area contributed by atoms with Crippen molar-refractivity contribution in [2.24, 2.45) is 7.05 Å². The zero-order chi connectivity index (χ0) is 11.5. The Morgan fingerprint density at radius 2 is 2.31 bits per heavy atom. The minimum Gasteiger partial charge on any atom is -0.254 e. The van der Waals surface area contributed by atoms with Crippen LogP contribution in [0.2, 0.25) is 0 Å². The van der Waals surface area contributed by atoms with Crippen LogP contribution < -0.4 is 0 Å². The second kappa shape index (κ2) is 4.52. The molecule has 0 radical (unpaired) electrons. The molecule has 0 aliphatic heterocycles. The highest BCUT2D eigenvalue weighted by Gasteiger charge is 2.09. The third kappa shape index (κ3) is 2.33. The molecule has 84 valence electrons. The predicted octanol–water partition coefficient (Wildman–Crippen LogP) is 1.26. The molecule has 0 aliphatic carbocycles. The van der Waals surface area contributed by atoms with Crippen LogP contribution in [0.3, 0.4) is 0 Å². The van der Waals surface area contributed by atoms with E-state index in [2.05, 4.69) is 10.1 Å². The van der Waals surface area contributed by atoms with Gasteiger partial charge in [-0.15, -0.1) is 0 Å². The molecule has 2 rings (SSSR count). The summed E-state index contributed by atoms with van der Waals surface area (Å²) in [6, 6.07) is 5.77. The standard InChI is InChI=1S/C10H10FN3OS/c1-14-10(12-7-13-14)6-16(15)9-4-2-3-8(11)5-9/h2-5,7H,6H2,1H3. The molecule has 0 N–H and O–H groups in total. The van der Waals surface area contributed by atoms with Crippen molar-refractivity contribution in [1.82, 2.24) is 14.8 Å². The minimum absolute atomic E-state index is 0.236. The zero-order valence-corrected chi connectivity index (χ0v) is 9.45. The van der Waals surface area contributed by atoms with Crippen molar-refractivity contribution < 1.29 is 8.60 Å². The maximum absolute atomic E-state index is 12.9. The largest absolute Gasteiger partial charge is 0.254 e. The predicted molar refractivity (Wildman–Crippen MR) is 57.5 cm³/mol. The highest BCUT2D eigenvalue weighted by Crippen LogP contribution is 2.11. The molecule has 4 nitrogen and oxygen atoms in total. The van der Waals surface area contributed by atoms with E-state index in [1.807, 2.05) is 0 Å². The third-order valence-electron chi connectivity index (χ3n) is 2.12. The molecule has 0 saturated heterocycles. The Bertz CT molecular complexity index is 526. The highest BCUT2D eigenvalue weighted by atomic mass is 32.2. The van der Waals surface area contributed by atoms with Crippen LogP contribution in [0.15, 0.2) is 35.5 Å². The van der Waals surface area contributed by atoms with Crippen LogP contribution in [-0.4, -0.2) is 19.0 Å². The van der Waals surface area contributed by atoms with Gasteiger partial charge in [-0.3, -0.25) is 8.89 Å². The molecule has 1 heterocycles. The topological polar surface area (TPSA) is 47.8 Å². The van der Waals surface area contributed by atoms with Gasteiger partial charge >= 0.3 is 0 Å². The molecule has 1 aromatic heterocycles. The van der Waals surface area contributed by atoms with Crippen LogP contribution in [0.4, 0.5) is 4.39 Å². The van der Waals surface area contributed by atoms with Crippen molar-refractivity contribution >= 4 is 10.8 Å². The van der Waals surface area contributed by atoms with Crippen LogP contribution in [0, 0.1) is 5.82 Å². The first-order chi connectivity index (χ1) is 7.66. The second-order valence-corrected chi connectivity index (χ2v) is 4.70. The number of aromatic nitrogens is 3. The van der Waals surface area contributed by atoms with Crippen molar-refractivity contribution in [2.75, 3.05) is 0 Å². The summed E-state index contributed by atoms with van der Waals surface area (Å²) >= 11 is 0. The molecule has 1 atom stereocenters. The third-order valence-corrected chi connectivity index (χ3v) is 3.42. The summed E-state index contributed by atoms with van der Waals surface area (Å²) in [7, 11) is 0.431. The normalized spacial score (nSPS) is 12.6. The summed E-state index contributed by atoms with van der Waals surface area (Å²) in [4.78, 5) is 4.43. The summed E-state index contributed by atoms with van der Waals surface area (Å²) in [5.74, 6) is 0.464. The van der Waals surface area contributed by atoms with Gasteiger partial charge in [0.1, 0.15) is 18.0 Å². The van der Waals surface area contributed by atoms with Crippen LogP contribution in [-0.2, 0) is 23.6 Å². The van der Waals surface area contributed by atoms with Gasteiger partial charge < -0.3 is 0 Å². The quantitative estimate of drug-likeness (QED) is 0.810. The minimum atomic E-state index is -1.30. The molecule has 0 amide bonds. The molecule has 1 aromatic carbocycles.